The summed E-state index contributed by atoms with van der Waals surface area (Å²) in [5, 5.41) is 3.42. The maximum Gasteiger partial charge on any atom is 0.0841 e. The molecule has 0 radical (unpaired) electrons. The Morgan fingerprint density at radius 3 is 2.48 bits per heavy atom. The third-order valence-corrected chi connectivity index (χ3v) is 7.89. The van der Waals surface area contributed by atoms with Crippen LogP contribution in [-0.2, 0) is 0 Å². The molecule has 0 spiro atoms. The summed E-state index contributed by atoms with van der Waals surface area (Å²) in [6.45, 7) is 8.61. The zero-order valence-corrected chi connectivity index (χ0v) is 17.6. The largest absolute Gasteiger partial charge is 0.370 e. The Morgan fingerprint density at radius 2 is 1.76 bits per heavy atom. The molecule has 2 atom stereocenters. The van der Waals surface area contributed by atoms with Crippen LogP contribution in [0.4, 0.5) is 11.4 Å². The molecule has 3 N–H and O–H groups in total. The van der Waals surface area contributed by atoms with E-state index in [1.807, 2.05) is 11.3 Å². The van der Waals surface area contributed by atoms with Crippen molar-refractivity contribution < 1.29 is 0 Å². The minimum absolute atomic E-state index is 0.422. The molecule has 5 nitrogen and oxygen atoms in total. The first-order valence-electron chi connectivity index (χ1n) is 10.7. The lowest BCUT2D eigenvalue weighted by Gasteiger charge is -2.29. The van der Waals surface area contributed by atoms with Gasteiger partial charge in [-0.3, -0.25) is 0 Å². The Balaban J connectivity index is 1.35. The van der Waals surface area contributed by atoms with Gasteiger partial charge in [0.25, 0.3) is 0 Å². The summed E-state index contributed by atoms with van der Waals surface area (Å²) in [7, 11) is 0. The molecular formula is C23H27N5S. The molecular weight excluding hydrogens is 378 g/mol. The van der Waals surface area contributed by atoms with E-state index in [9.17, 15) is 0 Å². The molecule has 150 valence electrons. The van der Waals surface area contributed by atoms with Crippen LogP contribution in [0.3, 0.4) is 0 Å². The zero-order valence-electron chi connectivity index (χ0n) is 16.8. The van der Waals surface area contributed by atoms with Gasteiger partial charge in [-0.2, -0.15) is 0 Å². The van der Waals surface area contributed by atoms with Crippen LogP contribution in [-0.4, -0.2) is 50.3 Å². The van der Waals surface area contributed by atoms with Gasteiger partial charge in [-0.25, -0.2) is 4.98 Å². The molecule has 2 unspecified atom stereocenters. The van der Waals surface area contributed by atoms with Crippen LogP contribution in [0.1, 0.15) is 4.88 Å². The molecule has 6 rings (SSSR count). The van der Waals surface area contributed by atoms with Crippen LogP contribution in [0.5, 0.6) is 0 Å². The van der Waals surface area contributed by atoms with E-state index < -0.39 is 0 Å². The fraction of sp³-hybridized carbons (Fsp3) is 0.435. The van der Waals surface area contributed by atoms with Gasteiger partial charge in [0.05, 0.1) is 21.6 Å². The molecule has 2 aromatic heterocycles. The summed E-state index contributed by atoms with van der Waals surface area (Å²) in [5.41, 5.74) is 12.2. The van der Waals surface area contributed by atoms with Crippen molar-refractivity contribution in [3.63, 3.8) is 0 Å². The molecule has 6 heteroatoms. The fourth-order valence-electron chi connectivity index (χ4n) is 5.04. The number of rotatable bonds is 3. The van der Waals surface area contributed by atoms with Crippen LogP contribution >= 0.6 is 11.3 Å². The predicted molar refractivity (Wildman–Crippen MR) is 122 cm³/mol. The van der Waals surface area contributed by atoms with Gasteiger partial charge >= 0.3 is 0 Å². The minimum atomic E-state index is 0.422. The van der Waals surface area contributed by atoms with Crippen molar-refractivity contribution in [2.45, 2.75) is 13.0 Å². The summed E-state index contributed by atoms with van der Waals surface area (Å²) < 4.78 is 1.32. The van der Waals surface area contributed by atoms with Crippen molar-refractivity contribution in [1.29, 1.82) is 0 Å². The van der Waals surface area contributed by atoms with Crippen molar-refractivity contribution in [3.8, 4) is 11.3 Å². The Morgan fingerprint density at radius 1 is 1.03 bits per heavy atom. The Labute approximate surface area is 175 Å². The van der Waals surface area contributed by atoms with E-state index in [0.29, 0.717) is 17.9 Å². The maximum absolute atomic E-state index is 6.18. The molecule has 2 aliphatic heterocycles. The smallest absolute Gasteiger partial charge is 0.0841 e. The lowest BCUT2D eigenvalue weighted by molar-refractivity contribution is 0.589. The number of anilines is 2. The van der Waals surface area contributed by atoms with Crippen molar-refractivity contribution >= 4 is 32.9 Å². The lowest BCUT2D eigenvalue weighted by atomic mass is 10.1. The van der Waals surface area contributed by atoms with Crippen molar-refractivity contribution in [2.75, 3.05) is 49.1 Å². The number of nitrogens with one attached hydrogen (secondary N) is 1. The quantitative estimate of drug-likeness (QED) is 0.701. The topological polar surface area (TPSA) is 57.4 Å². The highest BCUT2D eigenvalue weighted by atomic mass is 32.1. The van der Waals surface area contributed by atoms with Gasteiger partial charge in [0.1, 0.15) is 0 Å². The first-order chi connectivity index (χ1) is 14.2. The number of hydrogen-bond donors (Lipinski definition) is 2. The van der Waals surface area contributed by atoms with Gasteiger partial charge in [-0.05, 0) is 43.0 Å². The Bertz CT molecular complexity index is 1040. The zero-order chi connectivity index (χ0) is 19.5. The Kier molecular flexibility index (Phi) is 4.08. The van der Waals surface area contributed by atoms with Crippen molar-refractivity contribution in [1.82, 2.24) is 10.3 Å². The van der Waals surface area contributed by atoms with E-state index in [4.69, 9.17) is 10.7 Å². The van der Waals surface area contributed by atoms with E-state index in [1.165, 1.54) is 26.5 Å². The molecule has 1 saturated carbocycles. The molecule has 1 aliphatic carbocycles. The van der Waals surface area contributed by atoms with Crippen molar-refractivity contribution in [2.24, 2.45) is 17.6 Å². The SMILES string of the molecule is Cc1cc2nc(-c3ccc(N4CCNCC4)cc3)cc(N3CC4C(N)C4C3)c2s1. The normalized spacial score (nSPS) is 26.2. The van der Waals surface area contributed by atoms with Gasteiger partial charge in [0, 0.05) is 61.4 Å². The Hall–Kier alpha value is -2.15. The molecule has 2 saturated heterocycles. The molecule has 0 bridgehead atoms. The van der Waals surface area contributed by atoms with E-state index >= 15 is 0 Å². The number of aromatic nitrogens is 1. The number of pyridine rings is 1. The number of thiophene rings is 1. The van der Waals surface area contributed by atoms with E-state index in [1.54, 1.807) is 0 Å². The van der Waals surface area contributed by atoms with Crippen LogP contribution in [0.2, 0.25) is 0 Å². The van der Waals surface area contributed by atoms with Gasteiger partial charge in [0.15, 0.2) is 0 Å². The standard InChI is InChI=1S/C23H27N5S/c1-14-10-20-23(29-14)21(28-12-17-18(13-28)22(17)24)11-19(26-20)15-2-4-16(5-3-15)27-8-6-25-7-9-27/h2-5,10-11,17-18,22,25H,6-9,12-13,24H2,1H3. The van der Waals surface area contributed by atoms with Gasteiger partial charge in [-0.15, -0.1) is 11.3 Å². The molecule has 3 aromatic rings. The number of nitrogens with two attached hydrogens (primary N) is 1. The second kappa shape index (κ2) is 6.69. The average molecular weight is 406 g/mol. The third-order valence-electron chi connectivity index (χ3n) is 6.83. The molecule has 4 heterocycles. The summed E-state index contributed by atoms with van der Waals surface area (Å²) in [6.07, 6.45) is 0. The molecule has 3 aliphatic rings. The molecule has 1 aromatic carbocycles. The number of nitrogens with zero attached hydrogens (tertiary/aromatic N) is 3. The summed E-state index contributed by atoms with van der Waals surface area (Å²) in [5.74, 6) is 1.36. The lowest BCUT2D eigenvalue weighted by Crippen LogP contribution is -2.43. The second-order valence-electron chi connectivity index (χ2n) is 8.69. The third kappa shape index (κ3) is 3.01. The number of hydrogen-bond acceptors (Lipinski definition) is 6. The number of aryl methyl sites for hydroxylation is 1. The highest BCUT2D eigenvalue weighted by Crippen LogP contribution is 2.47. The number of piperazine rings is 1. The first-order valence-corrected chi connectivity index (χ1v) is 11.5. The second-order valence-corrected chi connectivity index (χ2v) is 9.95. The summed E-state index contributed by atoms with van der Waals surface area (Å²) in [4.78, 5) is 11.3. The number of fused-ring (bicyclic) bond motifs is 2. The van der Waals surface area contributed by atoms with Crippen LogP contribution in [0, 0.1) is 18.8 Å². The predicted octanol–water partition coefficient (Wildman–Crippen LogP) is 3.07. The van der Waals surface area contributed by atoms with Gasteiger partial charge in [0.2, 0.25) is 0 Å². The monoisotopic (exact) mass is 405 g/mol. The maximum atomic E-state index is 6.18. The van der Waals surface area contributed by atoms with E-state index in [-0.39, 0.29) is 0 Å². The minimum Gasteiger partial charge on any atom is -0.370 e. The van der Waals surface area contributed by atoms with E-state index in [0.717, 1.165) is 50.5 Å². The van der Waals surface area contributed by atoms with Crippen LogP contribution < -0.4 is 20.9 Å². The molecule has 3 fully saturated rings. The molecule has 0 amide bonds. The fourth-order valence-corrected chi connectivity index (χ4v) is 6.04. The first kappa shape index (κ1) is 17.7. The number of benzene rings is 1. The van der Waals surface area contributed by atoms with Gasteiger partial charge in [-0.1, -0.05) is 12.1 Å². The number of piperidine rings is 1. The average Bonchev–Trinajstić information content (AvgIpc) is 3.11. The van der Waals surface area contributed by atoms with Gasteiger partial charge < -0.3 is 20.9 Å². The molecule has 29 heavy (non-hydrogen) atoms. The summed E-state index contributed by atoms with van der Waals surface area (Å²) >= 11 is 1.86. The van der Waals surface area contributed by atoms with E-state index in [2.05, 4.69) is 58.4 Å². The van der Waals surface area contributed by atoms with Crippen LogP contribution in [0.15, 0.2) is 36.4 Å². The summed E-state index contributed by atoms with van der Waals surface area (Å²) in [6, 6.07) is 13.9. The highest BCUT2D eigenvalue weighted by Gasteiger charge is 2.53. The van der Waals surface area contributed by atoms with Crippen molar-refractivity contribution in [3.05, 3.63) is 41.3 Å². The van der Waals surface area contributed by atoms with Crippen LogP contribution in [0.25, 0.3) is 21.5 Å². The highest BCUT2D eigenvalue weighted by molar-refractivity contribution is 7.19.